The van der Waals surface area contributed by atoms with Crippen LogP contribution < -0.4 is 16.0 Å². The van der Waals surface area contributed by atoms with Gasteiger partial charge in [-0.2, -0.15) is 0 Å². The smallest absolute Gasteiger partial charge is 0.319 e. The molecule has 4 aliphatic rings. The fraction of sp³-hybridized carbons (Fsp3) is 0.615. The monoisotopic (exact) mass is 421 g/mol. The van der Waals surface area contributed by atoms with Gasteiger partial charge in [0.05, 0.1) is 0 Å². The van der Waals surface area contributed by atoms with Crippen LogP contribution in [0.25, 0.3) is 0 Å². The van der Waals surface area contributed by atoms with Gasteiger partial charge in [0.25, 0.3) is 0 Å². The Morgan fingerprint density at radius 3 is 2.68 bits per heavy atom. The summed E-state index contributed by atoms with van der Waals surface area (Å²) in [7, 11) is 0. The maximum atomic E-state index is 12.4. The highest BCUT2D eigenvalue weighted by Gasteiger charge is 2.59. The van der Waals surface area contributed by atoms with Gasteiger partial charge in [-0.05, 0) is 85.8 Å². The maximum absolute atomic E-state index is 12.4. The Balaban J connectivity index is 1.25. The second-order valence-corrected chi connectivity index (χ2v) is 10.7. The van der Waals surface area contributed by atoms with Crippen molar-refractivity contribution in [3.05, 3.63) is 42.5 Å². The molecule has 3 amide bonds. The van der Waals surface area contributed by atoms with E-state index < -0.39 is 0 Å². The second-order valence-electron chi connectivity index (χ2n) is 10.7. The van der Waals surface area contributed by atoms with Crippen LogP contribution in [0.3, 0.4) is 0 Å². The van der Waals surface area contributed by atoms with Gasteiger partial charge in [0.15, 0.2) is 0 Å². The zero-order valence-electron chi connectivity index (χ0n) is 18.7. The van der Waals surface area contributed by atoms with E-state index in [0.717, 1.165) is 30.5 Å². The summed E-state index contributed by atoms with van der Waals surface area (Å²) in [5.74, 6) is 2.70. The van der Waals surface area contributed by atoms with Crippen molar-refractivity contribution in [2.45, 2.75) is 58.4 Å². The molecule has 0 saturated heterocycles. The average molecular weight is 422 g/mol. The van der Waals surface area contributed by atoms with E-state index in [2.05, 4.69) is 35.9 Å². The van der Waals surface area contributed by atoms with Crippen LogP contribution >= 0.6 is 0 Å². The van der Waals surface area contributed by atoms with Gasteiger partial charge in [-0.25, -0.2) is 4.79 Å². The highest BCUT2D eigenvalue weighted by atomic mass is 16.2. The first-order valence-electron chi connectivity index (χ1n) is 12.0. The predicted octanol–water partition coefficient (Wildman–Crippen LogP) is 4.72. The number of hydrogen-bond acceptors (Lipinski definition) is 2. The van der Waals surface area contributed by atoms with Crippen LogP contribution in [0.4, 0.5) is 10.5 Å². The Bertz CT molecular complexity index is 884. The van der Waals surface area contributed by atoms with Gasteiger partial charge < -0.3 is 16.0 Å². The molecule has 0 aromatic heterocycles. The lowest BCUT2D eigenvalue weighted by molar-refractivity contribution is -0.122. The van der Waals surface area contributed by atoms with Crippen molar-refractivity contribution >= 4 is 17.6 Å². The maximum Gasteiger partial charge on any atom is 0.319 e. The Morgan fingerprint density at radius 1 is 1.06 bits per heavy atom. The summed E-state index contributed by atoms with van der Waals surface area (Å²) in [6, 6.07) is 9.81. The van der Waals surface area contributed by atoms with Gasteiger partial charge >= 0.3 is 6.03 Å². The number of amides is 3. The predicted molar refractivity (Wildman–Crippen MR) is 122 cm³/mol. The fourth-order valence-corrected chi connectivity index (χ4v) is 7.69. The highest BCUT2D eigenvalue weighted by molar-refractivity contribution is 5.89. The number of fused-ring (bicyclic) bond motifs is 5. The Kier molecular flexibility index (Phi) is 5.10. The Labute approximate surface area is 185 Å². The van der Waals surface area contributed by atoms with Crippen molar-refractivity contribution < 1.29 is 9.59 Å². The minimum Gasteiger partial charge on any atom is -0.349 e. The van der Waals surface area contributed by atoms with Crippen molar-refractivity contribution in [2.75, 3.05) is 11.9 Å². The molecule has 7 unspecified atom stereocenters. The Hall–Kier alpha value is -2.30. The molecule has 5 rings (SSSR count). The lowest BCUT2D eigenvalue weighted by Gasteiger charge is -2.59. The number of urea groups is 1. The quantitative estimate of drug-likeness (QED) is 0.661. The molecule has 166 valence electrons. The van der Waals surface area contributed by atoms with Gasteiger partial charge in [-0.1, -0.05) is 38.1 Å². The fourth-order valence-electron chi connectivity index (χ4n) is 7.69. The SMILES string of the molecule is CC12C=CC(=O)NC1CCC1C2CCC2(C)C(CNC(=O)Nc3ccccc3)CCC12. The van der Waals surface area contributed by atoms with E-state index >= 15 is 0 Å². The van der Waals surface area contributed by atoms with Crippen LogP contribution in [0.1, 0.15) is 52.4 Å². The van der Waals surface area contributed by atoms with Crippen molar-refractivity contribution in [1.29, 1.82) is 0 Å². The number of rotatable bonds is 3. The second kappa shape index (κ2) is 7.68. The average Bonchev–Trinajstić information content (AvgIpc) is 3.10. The van der Waals surface area contributed by atoms with E-state index in [-0.39, 0.29) is 23.4 Å². The van der Waals surface area contributed by atoms with Gasteiger partial charge in [0.1, 0.15) is 0 Å². The van der Waals surface area contributed by atoms with Gasteiger partial charge in [0.2, 0.25) is 5.91 Å². The molecule has 31 heavy (non-hydrogen) atoms. The molecular formula is C26H35N3O2. The summed E-state index contributed by atoms with van der Waals surface area (Å²) < 4.78 is 0. The van der Waals surface area contributed by atoms with Crippen LogP contribution in [0, 0.1) is 34.5 Å². The van der Waals surface area contributed by atoms with Crippen LogP contribution in [0.5, 0.6) is 0 Å². The summed E-state index contributed by atoms with van der Waals surface area (Å²) >= 11 is 0. The number of hydrogen-bond donors (Lipinski definition) is 3. The van der Waals surface area contributed by atoms with E-state index in [9.17, 15) is 9.59 Å². The molecule has 1 aromatic rings. The minimum absolute atomic E-state index is 0.0716. The van der Waals surface area contributed by atoms with E-state index in [1.807, 2.05) is 30.3 Å². The molecule has 7 atom stereocenters. The molecule has 0 radical (unpaired) electrons. The molecule has 3 fully saturated rings. The molecule has 5 nitrogen and oxygen atoms in total. The van der Waals surface area contributed by atoms with Crippen molar-refractivity contribution in [3.8, 4) is 0 Å². The largest absolute Gasteiger partial charge is 0.349 e. The Morgan fingerprint density at radius 2 is 1.87 bits per heavy atom. The molecule has 3 N–H and O–H groups in total. The number of nitrogens with one attached hydrogen (secondary N) is 3. The number of benzene rings is 1. The van der Waals surface area contributed by atoms with E-state index in [0.29, 0.717) is 17.3 Å². The van der Waals surface area contributed by atoms with Gasteiger partial charge in [-0.15, -0.1) is 0 Å². The normalized spacial score (nSPS) is 40.8. The topological polar surface area (TPSA) is 70.2 Å². The number of carbonyl (C=O) groups is 2. The lowest BCUT2D eigenvalue weighted by atomic mass is 9.48. The molecule has 3 aliphatic carbocycles. The summed E-state index contributed by atoms with van der Waals surface area (Å²) in [5, 5.41) is 9.34. The van der Waals surface area contributed by atoms with E-state index in [1.165, 1.54) is 32.1 Å². The van der Waals surface area contributed by atoms with Gasteiger partial charge in [-0.3, -0.25) is 4.79 Å². The first-order valence-corrected chi connectivity index (χ1v) is 12.0. The molecule has 0 spiro atoms. The van der Waals surface area contributed by atoms with Crippen LogP contribution in [-0.2, 0) is 4.79 Å². The first-order chi connectivity index (χ1) is 14.9. The summed E-state index contributed by atoms with van der Waals surface area (Å²) in [6.45, 7) is 5.60. The third-order valence-corrected chi connectivity index (χ3v) is 9.42. The molecular weight excluding hydrogens is 386 g/mol. The standard InChI is InChI=1S/C26H35N3O2/c1-25-14-12-21-19(9-11-22-26(21,2)15-13-23(30)29-22)20(25)10-8-17(25)16-27-24(31)28-18-6-4-3-5-7-18/h3-7,13,15,17,19-22H,8-12,14,16H2,1-2H3,(H,29,30)(H2,27,28,31). The molecule has 1 heterocycles. The molecule has 1 aliphatic heterocycles. The van der Waals surface area contributed by atoms with Crippen molar-refractivity contribution in [3.63, 3.8) is 0 Å². The molecule has 1 aromatic carbocycles. The van der Waals surface area contributed by atoms with Crippen molar-refractivity contribution in [1.82, 2.24) is 10.6 Å². The number of para-hydroxylation sites is 1. The van der Waals surface area contributed by atoms with Crippen molar-refractivity contribution in [2.24, 2.45) is 34.5 Å². The zero-order chi connectivity index (χ0) is 21.6. The highest BCUT2D eigenvalue weighted by Crippen LogP contribution is 2.64. The van der Waals surface area contributed by atoms with Gasteiger partial charge in [0, 0.05) is 23.7 Å². The van der Waals surface area contributed by atoms with Crippen LogP contribution in [0.2, 0.25) is 0 Å². The summed E-state index contributed by atoms with van der Waals surface area (Å²) in [5.41, 5.74) is 1.21. The summed E-state index contributed by atoms with van der Waals surface area (Å²) in [6.07, 6.45) is 11.2. The minimum atomic E-state index is -0.108. The third-order valence-electron chi connectivity index (χ3n) is 9.42. The first kappa shape index (κ1) is 20.6. The van der Waals surface area contributed by atoms with Crippen LogP contribution in [0.15, 0.2) is 42.5 Å². The zero-order valence-corrected chi connectivity index (χ0v) is 18.7. The molecule has 5 heteroatoms. The van der Waals surface area contributed by atoms with E-state index in [4.69, 9.17) is 0 Å². The van der Waals surface area contributed by atoms with E-state index in [1.54, 1.807) is 6.08 Å². The number of anilines is 1. The van der Waals surface area contributed by atoms with Crippen LogP contribution in [-0.4, -0.2) is 24.5 Å². The lowest BCUT2D eigenvalue weighted by Crippen LogP contribution is -2.59. The summed E-state index contributed by atoms with van der Waals surface area (Å²) in [4.78, 5) is 24.3. The molecule has 0 bridgehead atoms. The number of carbonyl (C=O) groups excluding carboxylic acids is 2. The third kappa shape index (κ3) is 3.46. The molecule has 3 saturated carbocycles.